The SMILES string of the molecule is COc1c(F)cc(CN2CC(=O)N(c3ccccc3C#N)C[C@H]2C)cc1Cl. The second kappa shape index (κ2) is 7.95. The van der Waals surface area contributed by atoms with Crippen LogP contribution in [0, 0.1) is 17.1 Å². The molecule has 2 aromatic rings. The van der Waals surface area contributed by atoms with E-state index in [1.54, 1.807) is 29.2 Å². The molecule has 0 radical (unpaired) electrons. The van der Waals surface area contributed by atoms with Gasteiger partial charge in [0, 0.05) is 19.1 Å². The fraction of sp³-hybridized carbons (Fsp3) is 0.300. The third-order valence-corrected chi connectivity index (χ3v) is 4.95. The molecule has 0 aromatic heterocycles. The van der Waals surface area contributed by atoms with E-state index < -0.39 is 5.82 Å². The van der Waals surface area contributed by atoms with Gasteiger partial charge in [-0.15, -0.1) is 0 Å². The number of benzene rings is 2. The summed E-state index contributed by atoms with van der Waals surface area (Å²) in [5, 5.41) is 9.49. The number of rotatable bonds is 4. The maximum atomic E-state index is 14.1. The van der Waals surface area contributed by atoms with E-state index in [0.29, 0.717) is 29.9 Å². The highest BCUT2D eigenvalue weighted by atomic mass is 35.5. The van der Waals surface area contributed by atoms with Crippen LogP contribution in [0.4, 0.5) is 10.1 Å². The van der Waals surface area contributed by atoms with E-state index >= 15 is 0 Å². The number of ether oxygens (including phenoxy) is 1. The highest BCUT2D eigenvalue weighted by molar-refractivity contribution is 6.32. The van der Waals surface area contributed by atoms with E-state index in [4.69, 9.17) is 16.3 Å². The van der Waals surface area contributed by atoms with Gasteiger partial charge in [0.1, 0.15) is 6.07 Å². The lowest BCUT2D eigenvalue weighted by Crippen LogP contribution is -2.55. The quantitative estimate of drug-likeness (QED) is 0.804. The van der Waals surface area contributed by atoms with Crippen molar-refractivity contribution >= 4 is 23.2 Å². The van der Waals surface area contributed by atoms with Crippen LogP contribution in [0.15, 0.2) is 36.4 Å². The first-order valence-electron chi connectivity index (χ1n) is 8.50. The Balaban J connectivity index is 1.78. The van der Waals surface area contributed by atoms with Crippen LogP contribution in [0.1, 0.15) is 18.1 Å². The van der Waals surface area contributed by atoms with Crippen molar-refractivity contribution in [3.63, 3.8) is 0 Å². The molecule has 0 spiro atoms. The van der Waals surface area contributed by atoms with Gasteiger partial charge in [-0.3, -0.25) is 9.69 Å². The molecule has 5 nitrogen and oxygen atoms in total. The Morgan fingerprint density at radius 3 is 2.78 bits per heavy atom. The van der Waals surface area contributed by atoms with Crippen molar-refractivity contribution in [3.05, 3.63) is 58.4 Å². The molecular weight excluding hydrogens is 369 g/mol. The van der Waals surface area contributed by atoms with E-state index in [-0.39, 0.29) is 29.3 Å². The van der Waals surface area contributed by atoms with Crippen LogP contribution < -0.4 is 9.64 Å². The zero-order valence-electron chi connectivity index (χ0n) is 15.1. The standard InChI is InChI=1S/C20H19ClFN3O2/c1-13-10-25(18-6-4-3-5-15(18)9-23)19(26)12-24(13)11-14-7-16(21)20(27-2)17(22)8-14/h3-8,13H,10-12H2,1-2H3/t13-/m1/s1. The summed E-state index contributed by atoms with van der Waals surface area (Å²) in [7, 11) is 1.36. The van der Waals surface area contributed by atoms with Gasteiger partial charge >= 0.3 is 0 Å². The van der Waals surface area contributed by atoms with E-state index in [1.165, 1.54) is 13.2 Å². The van der Waals surface area contributed by atoms with E-state index in [0.717, 1.165) is 0 Å². The van der Waals surface area contributed by atoms with E-state index in [1.807, 2.05) is 17.9 Å². The molecule has 1 aliphatic heterocycles. The monoisotopic (exact) mass is 387 g/mol. The first-order chi connectivity index (χ1) is 12.9. The second-order valence-corrected chi connectivity index (χ2v) is 6.89. The number of piperazine rings is 1. The summed E-state index contributed by atoms with van der Waals surface area (Å²) < 4.78 is 19.0. The highest BCUT2D eigenvalue weighted by Crippen LogP contribution is 2.30. The van der Waals surface area contributed by atoms with Crippen molar-refractivity contribution in [3.8, 4) is 11.8 Å². The molecule has 0 unspecified atom stereocenters. The number of carbonyl (C=O) groups excluding carboxylic acids is 1. The number of nitriles is 1. The summed E-state index contributed by atoms with van der Waals surface area (Å²) in [5.74, 6) is -0.612. The van der Waals surface area contributed by atoms with Gasteiger partial charge in [0.05, 0.1) is 29.9 Å². The van der Waals surface area contributed by atoms with Crippen LogP contribution in [-0.4, -0.2) is 37.0 Å². The number of methoxy groups -OCH3 is 1. The number of carbonyl (C=O) groups is 1. The predicted octanol–water partition coefficient (Wildman–Crippen LogP) is 3.60. The minimum absolute atomic E-state index is 0.0162. The first kappa shape index (κ1) is 19.2. The first-order valence-corrected chi connectivity index (χ1v) is 8.87. The molecule has 1 atom stereocenters. The lowest BCUT2D eigenvalue weighted by atomic mass is 10.1. The molecule has 2 aromatic carbocycles. The number of anilines is 1. The van der Waals surface area contributed by atoms with Crippen LogP contribution in [0.5, 0.6) is 5.75 Å². The Morgan fingerprint density at radius 2 is 2.11 bits per heavy atom. The fourth-order valence-corrected chi connectivity index (χ4v) is 3.59. The topological polar surface area (TPSA) is 56.6 Å². The van der Waals surface area contributed by atoms with Crippen LogP contribution in [-0.2, 0) is 11.3 Å². The summed E-state index contributed by atoms with van der Waals surface area (Å²) in [4.78, 5) is 16.3. The molecule has 0 saturated carbocycles. The van der Waals surface area contributed by atoms with Gasteiger partial charge in [-0.05, 0) is 36.8 Å². The van der Waals surface area contributed by atoms with Crippen LogP contribution in [0.2, 0.25) is 5.02 Å². The molecule has 0 N–H and O–H groups in total. The molecule has 1 saturated heterocycles. The number of para-hydroxylation sites is 1. The summed E-state index contributed by atoms with van der Waals surface area (Å²) in [6.07, 6.45) is 0. The highest BCUT2D eigenvalue weighted by Gasteiger charge is 2.31. The summed E-state index contributed by atoms with van der Waals surface area (Å²) in [6.45, 7) is 3.01. The van der Waals surface area contributed by atoms with Gasteiger partial charge in [0.25, 0.3) is 0 Å². The molecule has 27 heavy (non-hydrogen) atoms. The minimum atomic E-state index is -0.527. The van der Waals surface area contributed by atoms with Crippen molar-refractivity contribution < 1.29 is 13.9 Å². The number of hydrogen-bond acceptors (Lipinski definition) is 4. The third kappa shape index (κ3) is 3.90. The molecular formula is C20H19ClFN3O2. The largest absolute Gasteiger partial charge is 0.492 e. The summed E-state index contributed by atoms with van der Waals surface area (Å²) in [5.41, 5.74) is 1.76. The molecule has 0 aliphatic carbocycles. The maximum Gasteiger partial charge on any atom is 0.241 e. The fourth-order valence-electron chi connectivity index (χ4n) is 3.28. The van der Waals surface area contributed by atoms with Crippen molar-refractivity contribution in [2.75, 3.05) is 25.1 Å². The van der Waals surface area contributed by atoms with Crippen LogP contribution >= 0.6 is 11.6 Å². The van der Waals surface area contributed by atoms with Crippen LogP contribution in [0.25, 0.3) is 0 Å². The number of nitrogens with zero attached hydrogens (tertiary/aromatic N) is 3. The van der Waals surface area contributed by atoms with Gasteiger partial charge in [-0.2, -0.15) is 5.26 Å². The normalized spacial score (nSPS) is 17.7. The van der Waals surface area contributed by atoms with E-state index in [9.17, 15) is 14.4 Å². The van der Waals surface area contributed by atoms with Crippen molar-refractivity contribution in [1.29, 1.82) is 5.26 Å². The third-order valence-electron chi connectivity index (χ3n) is 4.67. The molecule has 3 rings (SSSR count). The van der Waals surface area contributed by atoms with Gasteiger partial charge < -0.3 is 9.64 Å². The molecule has 1 aliphatic rings. The Bertz CT molecular complexity index is 889. The Labute approximate surface area is 162 Å². The van der Waals surface area contributed by atoms with Crippen LogP contribution in [0.3, 0.4) is 0 Å². The smallest absolute Gasteiger partial charge is 0.241 e. The van der Waals surface area contributed by atoms with Gasteiger partial charge in [0.15, 0.2) is 11.6 Å². The average Bonchev–Trinajstić information content (AvgIpc) is 2.64. The summed E-state index contributed by atoms with van der Waals surface area (Å²) >= 11 is 6.06. The Morgan fingerprint density at radius 1 is 1.37 bits per heavy atom. The molecule has 1 amide bonds. The Kier molecular flexibility index (Phi) is 5.64. The Hall–Kier alpha value is -2.62. The molecule has 1 fully saturated rings. The van der Waals surface area contributed by atoms with Gasteiger partial charge in [-0.1, -0.05) is 23.7 Å². The van der Waals surface area contributed by atoms with Gasteiger partial charge in [0.2, 0.25) is 5.91 Å². The average molecular weight is 388 g/mol. The van der Waals surface area contributed by atoms with Gasteiger partial charge in [-0.25, -0.2) is 4.39 Å². The maximum absolute atomic E-state index is 14.1. The number of hydrogen-bond donors (Lipinski definition) is 0. The second-order valence-electron chi connectivity index (χ2n) is 6.48. The van der Waals surface area contributed by atoms with Crippen molar-refractivity contribution in [1.82, 2.24) is 4.90 Å². The molecule has 1 heterocycles. The lowest BCUT2D eigenvalue weighted by molar-refractivity contribution is -0.122. The van der Waals surface area contributed by atoms with Crippen molar-refractivity contribution in [2.24, 2.45) is 0 Å². The summed E-state index contributed by atoms with van der Waals surface area (Å²) in [6, 6.07) is 12.2. The molecule has 0 bridgehead atoms. The molecule has 7 heteroatoms. The lowest BCUT2D eigenvalue weighted by Gasteiger charge is -2.39. The van der Waals surface area contributed by atoms with E-state index in [2.05, 4.69) is 6.07 Å². The molecule has 140 valence electrons. The number of amides is 1. The minimum Gasteiger partial charge on any atom is -0.492 e. The number of halogens is 2. The van der Waals surface area contributed by atoms with Crippen molar-refractivity contribution in [2.45, 2.75) is 19.5 Å². The predicted molar refractivity (Wildman–Crippen MR) is 101 cm³/mol. The zero-order chi connectivity index (χ0) is 19.6. The zero-order valence-corrected chi connectivity index (χ0v) is 15.8.